The lowest BCUT2D eigenvalue weighted by Crippen LogP contribution is -2.32. The highest BCUT2D eigenvalue weighted by atomic mass is 35.5. The lowest BCUT2D eigenvalue weighted by atomic mass is 9.90. The monoisotopic (exact) mass is 419 g/mol. The van der Waals surface area contributed by atoms with Crippen molar-refractivity contribution in [2.75, 3.05) is 10.6 Å². The minimum atomic E-state index is -4.32. The third-order valence-electron chi connectivity index (χ3n) is 5.35. The van der Waals surface area contributed by atoms with Gasteiger partial charge in [-0.05, 0) is 68.1 Å². The Hall–Kier alpha value is -2.47. The van der Waals surface area contributed by atoms with Crippen LogP contribution in [0.2, 0.25) is 5.02 Å². The zero-order valence-corrected chi connectivity index (χ0v) is 16.4. The molecule has 3 nitrogen and oxygen atoms in total. The second-order valence-electron chi connectivity index (χ2n) is 7.44. The van der Waals surface area contributed by atoms with Crippen LogP contribution in [-0.4, -0.2) is 17.1 Å². The van der Waals surface area contributed by atoms with E-state index in [-0.39, 0.29) is 6.04 Å². The molecule has 0 saturated heterocycles. The minimum absolute atomic E-state index is 0.171. The van der Waals surface area contributed by atoms with Crippen LogP contribution in [0.25, 0.3) is 10.9 Å². The molecule has 7 heteroatoms. The fraction of sp³-hybridized carbons (Fsp3) is 0.318. The summed E-state index contributed by atoms with van der Waals surface area (Å²) in [5.41, 5.74) is 1.78. The summed E-state index contributed by atoms with van der Waals surface area (Å²) in [6.07, 6.45) is 1.10. The van der Waals surface area contributed by atoms with E-state index in [0.717, 1.165) is 48.3 Å². The molecule has 29 heavy (non-hydrogen) atoms. The van der Waals surface area contributed by atoms with Crippen molar-refractivity contribution in [2.45, 2.75) is 43.9 Å². The van der Waals surface area contributed by atoms with Crippen LogP contribution in [0.4, 0.5) is 24.5 Å². The number of rotatable bonds is 4. The molecule has 1 saturated carbocycles. The fourth-order valence-electron chi connectivity index (χ4n) is 3.87. The number of halogens is 4. The molecule has 0 unspecified atom stereocenters. The van der Waals surface area contributed by atoms with Crippen LogP contribution in [-0.2, 0) is 6.18 Å². The fourth-order valence-corrected chi connectivity index (χ4v) is 4.04. The van der Waals surface area contributed by atoms with Crippen LogP contribution in [0.3, 0.4) is 0 Å². The normalized spacial score (nSPS) is 19.9. The van der Waals surface area contributed by atoms with E-state index in [0.29, 0.717) is 16.8 Å². The van der Waals surface area contributed by atoms with E-state index in [9.17, 15) is 13.2 Å². The van der Waals surface area contributed by atoms with E-state index in [1.165, 1.54) is 12.1 Å². The van der Waals surface area contributed by atoms with Crippen LogP contribution in [0.1, 0.15) is 31.2 Å². The molecule has 3 aromatic rings. The summed E-state index contributed by atoms with van der Waals surface area (Å²) < 4.78 is 38.7. The Bertz CT molecular complexity index is 998. The number of alkyl halides is 3. The van der Waals surface area contributed by atoms with Crippen molar-refractivity contribution in [1.29, 1.82) is 0 Å². The predicted molar refractivity (Wildman–Crippen MR) is 111 cm³/mol. The molecule has 1 fully saturated rings. The highest BCUT2D eigenvalue weighted by Crippen LogP contribution is 2.32. The summed E-state index contributed by atoms with van der Waals surface area (Å²) in [6.45, 7) is 0. The number of nitrogens with one attached hydrogen (secondary N) is 2. The Morgan fingerprint density at radius 3 is 2.34 bits per heavy atom. The van der Waals surface area contributed by atoms with Crippen LogP contribution in [0, 0.1) is 0 Å². The lowest BCUT2D eigenvalue weighted by Gasteiger charge is -2.31. The molecule has 152 valence electrons. The maximum absolute atomic E-state index is 12.9. The first kappa shape index (κ1) is 19.8. The first-order chi connectivity index (χ1) is 13.9. The van der Waals surface area contributed by atoms with Crippen LogP contribution in [0.15, 0.2) is 54.7 Å². The number of aromatic nitrogens is 1. The average molecular weight is 420 g/mol. The summed E-state index contributed by atoms with van der Waals surface area (Å²) in [6, 6.07) is 13.5. The largest absolute Gasteiger partial charge is 0.416 e. The molecule has 1 aliphatic carbocycles. The zero-order valence-electron chi connectivity index (χ0n) is 15.6. The molecule has 1 aromatic heterocycles. The summed E-state index contributed by atoms with van der Waals surface area (Å²) in [5, 5.41) is 8.54. The maximum atomic E-state index is 12.9. The quantitative estimate of drug-likeness (QED) is 0.491. The van der Waals surface area contributed by atoms with Crippen molar-refractivity contribution < 1.29 is 13.2 Å². The number of pyridine rings is 1. The van der Waals surface area contributed by atoms with Crippen molar-refractivity contribution in [1.82, 2.24) is 4.98 Å². The molecule has 2 aromatic carbocycles. The Labute approximate surface area is 172 Å². The second-order valence-corrected chi connectivity index (χ2v) is 7.87. The van der Waals surface area contributed by atoms with Crippen molar-refractivity contribution in [3.8, 4) is 0 Å². The average Bonchev–Trinajstić information content (AvgIpc) is 2.69. The summed E-state index contributed by atoms with van der Waals surface area (Å²) in [7, 11) is 0. The van der Waals surface area contributed by atoms with Gasteiger partial charge in [0.1, 0.15) is 0 Å². The molecule has 0 aliphatic heterocycles. The molecule has 2 N–H and O–H groups in total. The van der Waals surface area contributed by atoms with Crippen molar-refractivity contribution >= 4 is 33.9 Å². The van der Waals surface area contributed by atoms with Gasteiger partial charge in [-0.3, -0.25) is 4.98 Å². The van der Waals surface area contributed by atoms with E-state index < -0.39 is 11.7 Å². The number of fused-ring (bicyclic) bond motifs is 1. The van der Waals surface area contributed by atoms with E-state index in [1.807, 2.05) is 24.3 Å². The van der Waals surface area contributed by atoms with Gasteiger partial charge in [0, 0.05) is 40.1 Å². The zero-order chi connectivity index (χ0) is 20.4. The molecule has 0 bridgehead atoms. The molecule has 0 radical (unpaired) electrons. The maximum Gasteiger partial charge on any atom is 0.416 e. The van der Waals surface area contributed by atoms with Crippen molar-refractivity contribution in [3.63, 3.8) is 0 Å². The van der Waals surface area contributed by atoms with Crippen LogP contribution in [0.5, 0.6) is 0 Å². The van der Waals surface area contributed by atoms with Crippen molar-refractivity contribution in [3.05, 3.63) is 65.3 Å². The third kappa shape index (κ3) is 4.75. The van der Waals surface area contributed by atoms with E-state index in [2.05, 4.69) is 15.6 Å². The van der Waals surface area contributed by atoms with E-state index >= 15 is 0 Å². The van der Waals surface area contributed by atoms with Gasteiger partial charge < -0.3 is 10.6 Å². The molecule has 0 spiro atoms. The molecular weight excluding hydrogens is 399 g/mol. The minimum Gasteiger partial charge on any atom is -0.382 e. The number of hydrogen-bond acceptors (Lipinski definition) is 3. The van der Waals surface area contributed by atoms with Gasteiger partial charge in [0.15, 0.2) is 0 Å². The Balaban J connectivity index is 1.37. The second kappa shape index (κ2) is 8.11. The van der Waals surface area contributed by atoms with Gasteiger partial charge in [0.2, 0.25) is 0 Å². The lowest BCUT2D eigenvalue weighted by molar-refractivity contribution is -0.137. The van der Waals surface area contributed by atoms with Gasteiger partial charge in [-0.2, -0.15) is 13.2 Å². The molecule has 0 atom stereocenters. The van der Waals surface area contributed by atoms with Crippen molar-refractivity contribution in [2.24, 2.45) is 0 Å². The number of nitrogens with zero attached hydrogens (tertiary/aromatic N) is 1. The smallest absolute Gasteiger partial charge is 0.382 e. The summed E-state index contributed by atoms with van der Waals surface area (Å²) >= 11 is 6.05. The first-order valence-electron chi connectivity index (χ1n) is 9.63. The molecule has 1 heterocycles. The molecule has 0 amide bonds. The number of anilines is 2. The van der Waals surface area contributed by atoms with Gasteiger partial charge in [0.05, 0.1) is 11.1 Å². The molecular formula is C22H21ClF3N3. The predicted octanol–water partition coefficient (Wildman–Crippen LogP) is 6.74. The van der Waals surface area contributed by atoms with Gasteiger partial charge in [-0.1, -0.05) is 17.7 Å². The van der Waals surface area contributed by atoms with Gasteiger partial charge >= 0.3 is 6.18 Å². The van der Waals surface area contributed by atoms with Crippen LogP contribution >= 0.6 is 11.6 Å². The third-order valence-corrected chi connectivity index (χ3v) is 5.59. The summed E-state index contributed by atoms with van der Waals surface area (Å²) in [5.74, 6) is 0. The first-order valence-corrected chi connectivity index (χ1v) is 10.0. The number of benzene rings is 2. The van der Waals surface area contributed by atoms with Gasteiger partial charge in [-0.25, -0.2) is 0 Å². The van der Waals surface area contributed by atoms with Gasteiger partial charge in [0.25, 0.3) is 0 Å². The molecule has 1 aliphatic rings. The molecule has 4 rings (SSSR count). The van der Waals surface area contributed by atoms with E-state index in [4.69, 9.17) is 11.6 Å². The van der Waals surface area contributed by atoms with Crippen LogP contribution < -0.4 is 10.6 Å². The Kier molecular flexibility index (Phi) is 5.54. The Morgan fingerprint density at radius 1 is 0.897 bits per heavy atom. The number of hydrogen-bond donors (Lipinski definition) is 2. The highest BCUT2D eigenvalue weighted by Gasteiger charge is 2.30. The Morgan fingerprint density at radius 2 is 1.62 bits per heavy atom. The standard InChI is InChI=1S/C22H21ClF3N3/c23-15-4-9-19-20(10-11-27-21(19)13-15)29-17-7-5-16(6-8-17)28-18-3-1-2-14(12-18)22(24,25)26/h1-4,9-13,16-17,28H,5-8H2,(H,27,29)/t16-,17+. The topological polar surface area (TPSA) is 37.0 Å². The highest BCUT2D eigenvalue weighted by molar-refractivity contribution is 6.31. The van der Waals surface area contributed by atoms with E-state index in [1.54, 1.807) is 12.3 Å². The SMILES string of the molecule is FC(F)(F)c1cccc(N[C@H]2CC[C@@H](Nc3ccnc4cc(Cl)ccc34)CC2)c1. The van der Waals surface area contributed by atoms with Gasteiger partial charge in [-0.15, -0.1) is 0 Å². The summed E-state index contributed by atoms with van der Waals surface area (Å²) in [4.78, 5) is 4.36.